The Hall–Kier alpha value is -0.480. The Balaban J connectivity index is 0. The highest BCUT2D eigenvalue weighted by molar-refractivity contribution is 9.09. The summed E-state index contributed by atoms with van der Waals surface area (Å²) < 4.78 is 140. The van der Waals surface area contributed by atoms with Crippen molar-refractivity contribution in [3.05, 3.63) is 0 Å². The monoisotopic (exact) mass is 484 g/mol. The van der Waals surface area contributed by atoms with E-state index in [1.165, 1.54) is 0 Å². The highest BCUT2D eigenvalue weighted by Gasteiger charge is 2.53. The molecule has 0 unspecified atom stereocenters. The Kier molecular flexibility index (Phi) is 11.5. The minimum atomic E-state index is -5.45. The normalized spacial score (nSPS) is 13.8. The van der Waals surface area contributed by atoms with E-state index in [4.69, 9.17) is 5.11 Å². The van der Waals surface area contributed by atoms with E-state index >= 15 is 0 Å². The van der Waals surface area contributed by atoms with Crippen LogP contribution in [0.1, 0.15) is 12.8 Å². The minimum absolute atomic E-state index is 0.0929. The second kappa shape index (κ2) is 10.8. The molecule has 0 spiro atoms. The van der Waals surface area contributed by atoms with E-state index in [-0.39, 0.29) is 11.8 Å². The van der Waals surface area contributed by atoms with Crippen LogP contribution in [-0.4, -0.2) is 65.1 Å². The summed E-state index contributed by atoms with van der Waals surface area (Å²) in [6, 6.07) is 0. The maximum atomic E-state index is 11.7. The molecule has 0 aliphatic heterocycles. The summed E-state index contributed by atoms with van der Waals surface area (Å²) >= 11 is 2.75. The first-order valence-corrected chi connectivity index (χ1v) is 7.50. The van der Waals surface area contributed by atoms with E-state index in [1.54, 1.807) is 0 Å². The Morgan fingerprint density at radius 2 is 0.846 bits per heavy atom. The highest BCUT2D eigenvalue weighted by atomic mass is 79.9. The SMILES string of the molecule is FC(F)(F)N(CCCBr)C(F)(F)F.OCCCN(C(F)(F)F)C(F)(F)F. The summed E-state index contributed by atoms with van der Waals surface area (Å²) in [6.45, 7) is -3.09. The summed E-state index contributed by atoms with van der Waals surface area (Å²) in [5.41, 5.74) is 0. The molecule has 16 heteroatoms. The zero-order valence-electron chi connectivity index (χ0n) is 12.5. The van der Waals surface area contributed by atoms with Crippen molar-refractivity contribution in [2.45, 2.75) is 38.0 Å². The fraction of sp³-hybridized carbons (Fsp3) is 1.00. The van der Waals surface area contributed by atoms with E-state index < -0.39 is 61.1 Å². The summed E-state index contributed by atoms with van der Waals surface area (Å²) in [6.07, 6.45) is -22.4. The van der Waals surface area contributed by atoms with Gasteiger partial charge in [-0.05, 0) is 12.8 Å². The van der Waals surface area contributed by atoms with Crippen molar-refractivity contribution in [3.8, 4) is 0 Å². The van der Waals surface area contributed by atoms with E-state index in [2.05, 4.69) is 15.9 Å². The third-order valence-corrected chi connectivity index (χ3v) is 2.84. The van der Waals surface area contributed by atoms with Gasteiger partial charge in [0.2, 0.25) is 0 Å². The molecule has 0 fully saturated rings. The predicted molar refractivity (Wildman–Crippen MR) is 67.7 cm³/mol. The van der Waals surface area contributed by atoms with Crippen molar-refractivity contribution in [2.24, 2.45) is 0 Å². The lowest BCUT2D eigenvalue weighted by Gasteiger charge is -2.26. The molecular formula is C10H13BrF12N2O. The smallest absolute Gasteiger partial charge is 0.396 e. The van der Waals surface area contributed by atoms with Gasteiger partial charge in [-0.15, -0.1) is 9.80 Å². The van der Waals surface area contributed by atoms with E-state index in [0.29, 0.717) is 0 Å². The van der Waals surface area contributed by atoms with Crippen LogP contribution in [0.5, 0.6) is 0 Å². The number of rotatable bonds is 6. The zero-order valence-corrected chi connectivity index (χ0v) is 14.1. The molecule has 0 saturated heterocycles. The molecule has 0 heterocycles. The largest absolute Gasteiger partial charge is 0.467 e. The van der Waals surface area contributed by atoms with Crippen molar-refractivity contribution in [2.75, 3.05) is 25.0 Å². The Labute approximate surface area is 147 Å². The van der Waals surface area contributed by atoms with E-state index in [1.807, 2.05) is 0 Å². The quantitative estimate of drug-likeness (QED) is 0.332. The van der Waals surface area contributed by atoms with Gasteiger partial charge in [0, 0.05) is 25.0 Å². The molecule has 0 aromatic rings. The van der Waals surface area contributed by atoms with E-state index in [0.717, 1.165) is 0 Å². The molecule has 0 amide bonds. The third kappa shape index (κ3) is 12.0. The number of aliphatic hydroxyl groups excluding tert-OH is 1. The first-order chi connectivity index (χ1) is 11.4. The molecule has 26 heavy (non-hydrogen) atoms. The zero-order chi connectivity index (χ0) is 21.4. The molecule has 160 valence electrons. The van der Waals surface area contributed by atoms with Gasteiger partial charge in [0.05, 0.1) is 0 Å². The standard InChI is InChI=1S/C5H6BrF6N.C5H7F6NO/c6-2-1-3-13(4(7,8)9)5(10,11)12;6-4(7,8)12(2-1-3-13)5(9,10)11/h1-3H2;13H,1-3H2. The van der Waals surface area contributed by atoms with Gasteiger partial charge in [-0.2, -0.15) is 52.7 Å². The minimum Gasteiger partial charge on any atom is -0.396 e. The molecule has 0 rings (SSSR count). The first kappa shape index (κ1) is 27.7. The summed E-state index contributed by atoms with van der Waals surface area (Å²) in [5.74, 6) is 0. The van der Waals surface area contributed by atoms with Crippen molar-refractivity contribution >= 4 is 15.9 Å². The van der Waals surface area contributed by atoms with E-state index in [9.17, 15) is 52.7 Å². The van der Waals surface area contributed by atoms with Gasteiger partial charge in [0.1, 0.15) is 0 Å². The summed E-state index contributed by atoms with van der Waals surface area (Å²) in [7, 11) is 0. The van der Waals surface area contributed by atoms with Crippen molar-refractivity contribution in [3.63, 3.8) is 0 Å². The second-order valence-electron chi connectivity index (χ2n) is 4.29. The maximum Gasteiger partial charge on any atom is 0.467 e. The average molecular weight is 485 g/mol. The number of hydrogen-bond donors (Lipinski definition) is 1. The van der Waals surface area contributed by atoms with Gasteiger partial charge < -0.3 is 5.11 Å². The molecule has 0 aliphatic carbocycles. The van der Waals surface area contributed by atoms with Crippen LogP contribution in [0.3, 0.4) is 0 Å². The molecule has 0 aliphatic rings. The van der Waals surface area contributed by atoms with Gasteiger partial charge in [-0.3, -0.25) is 0 Å². The Morgan fingerprint density at radius 1 is 0.577 bits per heavy atom. The van der Waals surface area contributed by atoms with Crippen LogP contribution in [0.25, 0.3) is 0 Å². The fourth-order valence-corrected chi connectivity index (χ4v) is 1.49. The summed E-state index contributed by atoms with van der Waals surface area (Å²) in [5, 5.41) is 8.18. The van der Waals surface area contributed by atoms with Gasteiger partial charge >= 0.3 is 25.2 Å². The molecule has 0 saturated carbocycles. The molecule has 0 radical (unpaired) electrons. The molecule has 0 bridgehead atoms. The molecule has 0 aromatic carbocycles. The number of nitrogens with zero attached hydrogens (tertiary/aromatic N) is 2. The van der Waals surface area contributed by atoms with Crippen LogP contribution in [0.15, 0.2) is 0 Å². The predicted octanol–water partition coefficient (Wildman–Crippen LogP) is 4.82. The topological polar surface area (TPSA) is 26.7 Å². The maximum absolute atomic E-state index is 11.7. The highest BCUT2D eigenvalue weighted by Crippen LogP contribution is 2.34. The lowest BCUT2D eigenvalue weighted by Crippen LogP contribution is -2.48. The van der Waals surface area contributed by atoms with Gasteiger partial charge in [-0.25, -0.2) is 0 Å². The molecule has 3 nitrogen and oxygen atoms in total. The van der Waals surface area contributed by atoms with Gasteiger partial charge in [-0.1, -0.05) is 15.9 Å². The van der Waals surface area contributed by atoms with Crippen LogP contribution in [0, 0.1) is 0 Å². The Bertz CT molecular complexity index is 314. The third-order valence-electron chi connectivity index (χ3n) is 2.28. The number of halogens is 13. The van der Waals surface area contributed by atoms with Gasteiger partial charge in [0.15, 0.2) is 0 Å². The summed E-state index contributed by atoms with van der Waals surface area (Å²) in [4.78, 5) is -3.02. The van der Waals surface area contributed by atoms with Crippen LogP contribution < -0.4 is 0 Å². The van der Waals surface area contributed by atoms with Crippen molar-refractivity contribution < 1.29 is 57.8 Å². The molecule has 1 N–H and O–H groups in total. The lowest BCUT2D eigenvalue weighted by molar-refractivity contribution is -0.374. The van der Waals surface area contributed by atoms with Crippen LogP contribution in [0.4, 0.5) is 52.7 Å². The molecular weight excluding hydrogens is 472 g/mol. The molecule has 0 aromatic heterocycles. The van der Waals surface area contributed by atoms with Crippen LogP contribution >= 0.6 is 15.9 Å². The van der Waals surface area contributed by atoms with Crippen molar-refractivity contribution in [1.29, 1.82) is 0 Å². The lowest BCUT2D eigenvalue weighted by atomic mass is 10.4. The van der Waals surface area contributed by atoms with Crippen LogP contribution in [0.2, 0.25) is 0 Å². The number of alkyl halides is 13. The fourth-order valence-electron chi connectivity index (χ4n) is 1.24. The number of hydrogen-bond acceptors (Lipinski definition) is 3. The van der Waals surface area contributed by atoms with Gasteiger partial charge in [0.25, 0.3) is 0 Å². The molecule has 0 atom stereocenters. The first-order valence-electron chi connectivity index (χ1n) is 6.38. The second-order valence-corrected chi connectivity index (χ2v) is 5.09. The van der Waals surface area contributed by atoms with Crippen LogP contribution in [-0.2, 0) is 0 Å². The Morgan fingerprint density at radius 3 is 1.04 bits per heavy atom. The number of aliphatic hydroxyl groups is 1. The van der Waals surface area contributed by atoms with Crippen molar-refractivity contribution in [1.82, 2.24) is 9.80 Å². The average Bonchev–Trinajstić information content (AvgIpc) is 2.33.